The van der Waals surface area contributed by atoms with Crippen molar-refractivity contribution in [3.8, 4) is 5.88 Å². The van der Waals surface area contributed by atoms with Gasteiger partial charge in [0.1, 0.15) is 6.10 Å². The number of hydrogen-bond donors (Lipinski definition) is 0. The van der Waals surface area contributed by atoms with E-state index >= 15 is 0 Å². The maximum atomic E-state index is 12.9. The number of ether oxygens (including phenoxy) is 2. The van der Waals surface area contributed by atoms with Crippen molar-refractivity contribution in [2.75, 3.05) is 31.2 Å². The first-order valence-corrected chi connectivity index (χ1v) is 10.9. The Labute approximate surface area is 188 Å². The molecule has 8 nitrogen and oxygen atoms in total. The smallest absolute Gasteiger partial charge is 0.392 e. The molecule has 3 atom stereocenters. The number of aromatic nitrogens is 5. The molecule has 5 rings (SSSR count). The van der Waals surface area contributed by atoms with Gasteiger partial charge in [-0.1, -0.05) is 0 Å². The van der Waals surface area contributed by atoms with Crippen molar-refractivity contribution in [3.63, 3.8) is 0 Å². The topological polar surface area (TPSA) is 78.2 Å². The zero-order valence-corrected chi connectivity index (χ0v) is 18.6. The number of fused-ring (bicyclic) bond motifs is 1. The summed E-state index contributed by atoms with van der Waals surface area (Å²) in [5.41, 5.74) is 3.18. The van der Waals surface area contributed by atoms with Crippen LogP contribution >= 0.6 is 0 Å². The number of anilines is 1. The van der Waals surface area contributed by atoms with Crippen LogP contribution in [0.5, 0.6) is 5.88 Å². The van der Waals surface area contributed by atoms with Crippen molar-refractivity contribution in [1.82, 2.24) is 24.7 Å². The van der Waals surface area contributed by atoms with Crippen molar-refractivity contribution in [2.24, 2.45) is 18.9 Å². The van der Waals surface area contributed by atoms with Gasteiger partial charge >= 0.3 is 6.18 Å². The van der Waals surface area contributed by atoms with Crippen LogP contribution in [0.25, 0.3) is 11.0 Å². The fourth-order valence-electron chi connectivity index (χ4n) is 4.12. The number of halogens is 3. The van der Waals surface area contributed by atoms with Gasteiger partial charge in [-0.25, -0.2) is 4.98 Å². The predicted octanol–water partition coefficient (Wildman–Crippen LogP) is 3.53. The Morgan fingerprint density at radius 2 is 2.03 bits per heavy atom. The lowest BCUT2D eigenvalue weighted by molar-refractivity contribution is -0.151. The Morgan fingerprint density at radius 1 is 1.21 bits per heavy atom. The number of pyridine rings is 1. The lowest BCUT2D eigenvalue weighted by Crippen LogP contribution is -2.39. The van der Waals surface area contributed by atoms with Gasteiger partial charge in [0.25, 0.3) is 0 Å². The Hall–Kier alpha value is -2.95. The van der Waals surface area contributed by atoms with Crippen LogP contribution in [0.15, 0.2) is 18.5 Å². The lowest BCUT2D eigenvalue weighted by Gasteiger charge is -2.32. The summed E-state index contributed by atoms with van der Waals surface area (Å²) in [6.45, 7) is 5.34. The third kappa shape index (κ3) is 4.46. The van der Waals surface area contributed by atoms with Gasteiger partial charge in [0, 0.05) is 37.0 Å². The summed E-state index contributed by atoms with van der Waals surface area (Å²) in [6.07, 6.45) is -0.610. The molecule has 1 saturated carbocycles. The number of alkyl halides is 3. The molecular formula is C22H25F3N6O2. The van der Waals surface area contributed by atoms with Crippen molar-refractivity contribution in [1.29, 1.82) is 0 Å². The molecule has 4 heterocycles. The molecule has 33 heavy (non-hydrogen) atoms. The van der Waals surface area contributed by atoms with E-state index in [1.165, 1.54) is 0 Å². The Morgan fingerprint density at radius 3 is 2.73 bits per heavy atom. The van der Waals surface area contributed by atoms with E-state index in [2.05, 4.69) is 20.1 Å². The molecule has 0 unspecified atom stereocenters. The number of nitrogens with zero attached hydrogens (tertiary/aromatic N) is 6. The van der Waals surface area contributed by atoms with Crippen molar-refractivity contribution < 1.29 is 22.6 Å². The highest BCUT2D eigenvalue weighted by atomic mass is 19.4. The summed E-state index contributed by atoms with van der Waals surface area (Å²) < 4.78 is 52.3. The molecular weight excluding hydrogens is 437 g/mol. The molecule has 11 heteroatoms. The number of rotatable bonds is 5. The van der Waals surface area contributed by atoms with Crippen LogP contribution in [0.3, 0.4) is 0 Å². The van der Waals surface area contributed by atoms with Crippen LogP contribution in [0, 0.1) is 25.7 Å². The van der Waals surface area contributed by atoms with Crippen LogP contribution in [0.2, 0.25) is 0 Å². The molecule has 0 radical (unpaired) electrons. The SMILES string of the molecule is Cc1cc2c(OC[C@@H]3C[C@@H]3C(F)(F)F)nc(N3CCO[C@H](c4cnn(C)c4)C3)nc2nc1C. The second-order valence-corrected chi connectivity index (χ2v) is 8.80. The summed E-state index contributed by atoms with van der Waals surface area (Å²) in [5, 5.41) is 4.81. The summed E-state index contributed by atoms with van der Waals surface area (Å²) in [6, 6.07) is 1.88. The maximum absolute atomic E-state index is 12.9. The minimum absolute atomic E-state index is 0.0376. The first-order chi connectivity index (χ1) is 15.7. The van der Waals surface area contributed by atoms with Crippen LogP contribution in [-0.2, 0) is 11.8 Å². The molecule has 0 aromatic carbocycles. The fourth-order valence-corrected chi connectivity index (χ4v) is 4.12. The molecule has 1 saturated heterocycles. The van der Waals surface area contributed by atoms with E-state index in [9.17, 15) is 13.2 Å². The predicted molar refractivity (Wildman–Crippen MR) is 114 cm³/mol. The average Bonchev–Trinajstić information content (AvgIpc) is 3.45. The normalized spacial score (nSPS) is 23.2. The zero-order chi connectivity index (χ0) is 23.3. The largest absolute Gasteiger partial charge is 0.477 e. The second kappa shape index (κ2) is 8.12. The van der Waals surface area contributed by atoms with Gasteiger partial charge in [0.05, 0.1) is 37.3 Å². The second-order valence-electron chi connectivity index (χ2n) is 8.80. The monoisotopic (exact) mass is 462 g/mol. The molecule has 2 fully saturated rings. The van der Waals surface area contributed by atoms with Gasteiger partial charge in [0.2, 0.25) is 11.8 Å². The lowest BCUT2D eigenvalue weighted by atomic mass is 10.1. The molecule has 1 aliphatic carbocycles. The third-order valence-electron chi connectivity index (χ3n) is 6.31. The van der Waals surface area contributed by atoms with Crippen molar-refractivity contribution in [3.05, 3.63) is 35.3 Å². The fraction of sp³-hybridized carbons (Fsp3) is 0.545. The summed E-state index contributed by atoms with van der Waals surface area (Å²) in [5.74, 6) is -1.15. The van der Waals surface area contributed by atoms with E-state index in [0.717, 1.165) is 16.8 Å². The highest BCUT2D eigenvalue weighted by Crippen LogP contribution is 2.50. The first-order valence-electron chi connectivity index (χ1n) is 10.9. The molecule has 0 bridgehead atoms. The highest BCUT2D eigenvalue weighted by Gasteiger charge is 2.55. The molecule has 0 amide bonds. The van der Waals surface area contributed by atoms with Gasteiger partial charge in [0.15, 0.2) is 5.65 Å². The number of morpholine rings is 1. The molecule has 1 aliphatic heterocycles. The highest BCUT2D eigenvalue weighted by molar-refractivity contribution is 5.82. The van der Waals surface area contributed by atoms with E-state index in [0.29, 0.717) is 36.7 Å². The van der Waals surface area contributed by atoms with Crippen LogP contribution in [0.1, 0.15) is 29.3 Å². The van der Waals surface area contributed by atoms with Crippen LogP contribution in [-0.4, -0.2) is 57.2 Å². The van der Waals surface area contributed by atoms with E-state index in [1.54, 1.807) is 10.9 Å². The molecule has 2 aliphatic rings. The van der Waals surface area contributed by atoms with Gasteiger partial charge in [-0.15, -0.1) is 0 Å². The summed E-state index contributed by atoms with van der Waals surface area (Å²) in [7, 11) is 1.85. The number of hydrogen-bond acceptors (Lipinski definition) is 7. The van der Waals surface area contributed by atoms with Gasteiger partial charge < -0.3 is 14.4 Å². The molecule has 0 spiro atoms. The third-order valence-corrected chi connectivity index (χ3v) is 6.31. The van der Waals surface area contributed by atoms with E-state index in [4.69, 9.17) is 9.47 Å². The van der Waals surface area contributed by atoms with Gasteiger partial charge in [-0.2, -0.15) is 28.2 Å². The molecule has 176 valence electrons. The van der Waals surface area contributed by atoms with E-state index in [-0.39, 0.29) is 25.0 Å². The quantitative estimate of drug-likeness (QED) is 0.574. The van der Waals surface area contributed by atoms with E-state index < -0.39 is 18.0 Å². The first kappa shape index (κ1) is 21.9. The van der Waals surface area contributed by atoms with Crippen molar-refractivity contribution >= 4 is 17.0 Å². The number of aryl methyl sites for hydroxylation is 3. The summed E-state index contributed by atoms with van der Waals surface area (Å²) in [4.78, 5) is 15.8. The Balaban J connectivity index is 1.43. The maximum Gasteiger partial charge on any atom is 0.392 e. The molecule has 3 aromatic heterocycles. The van der Waals surface area contributed by atoms with Crippen LogP contribution < -0.4 is 9.64 Å². The minimum atomic E-state index is -4.18. The Kier molecular flexibility index (Phi) is 5.38. The summed E-state index contributed by atoms with van der Waals surface area (Å²) >= 11 is 0. The van der Waals surface area contributed by atoms with Crippen molar-refractivity contribution in [2.45, 2.75) is 32.5 Å². The Bertz CT molecular complexity index is 1180. The standard InChI is InChI=1S/C22H25F3N6O2/c1-12-6-16-19(27-13(12)2)28-21(29-20(16)33-11-14-7-17(14)22(23,24)25)31-4-5-32-18(10-31)15-8-26-30(3)9-15/h6,8-9,14,17-18H,4-5,7,10-11H2,1-3H3/t14-,17-,18-/m0/s1. The zero-order valence-electron chi connectivity index (χ0n) is 18.6. The van der Waals surface area contributed by atoms with Gasteiger partial charge in [-0.05, 0) is 31.9 Å². The molecule has 0 N–H and O–H groups in total. The molecule has 3 aromatic rings. The average molecular weight is 462 g/mol. The minimum Gasteiger partial charge on any atom is -0.477 e. The van der Waals surface area contributed by atoms with Crippen LogP contribution in [0.4, 0.5) is 19.1 Å². The van der Waals surface area contributed by atoms with Gasteiger partial charge in [-0.3, -0.25) is 4.68 Å². The van der Waals surface area contributed by atoms with E-state index in [1.807, 2.05) is 38.1 Å².